The molecule has 0 aromatic heterocycles. The van der Waals surface area contributed by atoms with Crippen molar-refractivity contribution in [3.05, 3.63) is 64.2 Å². The molecule has 0 radical (unpaired) electrons. The smallest absolute Gasteiger partial charge is 0.234 e. The molecule has 0 aliphatic heterocycles. The van der Waals surface area contributed by atoms with Gasteiger partial charge in [0.05, 0.1) is 13.7 Å². The topological polar surface area (TPSA) is 41.6 Å². The number of benzene rings is 2. The maximum atomic E-state index is 12.1. The molecule has 0 fully saturated rings. The Morgan fingerprint density at radius 3 is 2.67 bits per heavy atom. The average Bonchev–Trinajstić information content (AvgIpc) is 2.54. The van der Waals surface area contributed by atoms with Crippen LogP contribution < -0.4 is 10.1 Å². The molecule has 0 heterocycles. The largest absolute Gasteiger partial charge is 0.496 e. The summed E-state index contributed by atoms with van der Waals surface area (Å²) in [6.07, 6.45) is 0. The molecular formula is C19H23ClN2O2. The Hall–Kier alpha value is -2.04. The van der Waals surface area contributed by atoms with Crippen molar-refractivity contribution in [1.29, 1.82) is 0 Å². The Morgan fingerprint density at radius 2 is 1.96 bits per heavy atom. The first kappa shape index (κ1) is 18.3. The van der Waals surface area contributed by atoms with Crippen LogP contribution in [0.2, 0.25) is 5.02 Å². The molecule has 5 heteroatoms. The zero-order chi connectivity index (χ0) is 17.5. The zero-order valence-corrected chi connectivity index (χ0v) is 15.1. The van der Waals surface area contributed by atoms with E-state index in [0.29, 0.717) is 24.7 Å². The molecule has 0 saturated heterocycles. The molecule has 2 aromatic carbocycles. The van der Waals surface area contributed by atoms with E-state index in [4.69, 9.17) is 16.3 Å². The zero-order valence-electron chi connectivity index (χ0n) is 14.3. The number of hydrogen-bond acceptors (Lipinski definition) is 3. The molecule has 0 bridgehead atoms. The maximum Gasteiger partial charge on any atom is 0.234 e. The Balaban J connectivity index is 1.88. The second kappa shape index (κ2) is 8.71. The van der Waals surface area contributed by atoms with Crippen molar-refractivity contribution < 1.29 is 9.53 Å². The Kier molecular flexibility index (Phi) is 6.64. The molecule has 2 rings (SSSR count). The van der Waals surface area contributed by atoms with Gasteiger partial charge in [0.1, 0.15) is 5.75 Å². The highest BCUT2D eigenvalue weighted by molar-refractivity contribution is 6.31. The van der Waals surface area contributed by atoms with Crippen LogP contribution in [0.4, 0.5) is 0 Å². The van der Waals surface area contributed by atoms with Crippen LogP contribution in [-0.2, 0) is 17.9 Å². The van der Waals surface area contributed by atoms with Crippen molar-refractivity contribution in [2.45, 2.75) is 20.0 Å². The molecule has 128 valence electrons. The first-order valence-electron chi connectivity index (χ1n) is 7.81. The monoisotopic (exact) mass is 346 g/mol. The van der Waals surface area contributed by atoms with Gasteiger partial charge >= 0.3 is 0 Å². The van der Waals surface area contributed by atoms with Crippen LogP contribution in [0.25, 0.3) is 0 Å². The minimum atomic E-state index is -0.0379. The fourth-order valence-corrected chi connectivity index (χ4v) is 2.72. The third kappa shape index (κ3) is 5.25. The normalized spacial score (nSPS) is 10.7. The van der Waals surface area contributed by atoms with Crippen molar-refractivity contribution in [1.82, 2.24) is 10.2 Å². The summed E-state index contributed by atoms with van der Waals surface area (Å²) in [7, 11) is 3.57. The number of methoxy groups -OCH3 is 1. The molecule has 4 nitrogen and oxygen atoms in total. The summed E-state index contributed by atoms with van der Waals surface area (Å²) in [5.74, 6) is 0.799. The van der Waals surface area contributed by atoms with Gasteiger partial charge in [-0.2, -0.15) is 0 Å². The lowest BCUT2D eigenvalue weighted by atomic mass is 10.1. The van der Waals surface area contributed by atoms with Crippen LogP contribution >= 0.6 is 11.6 Å². The van der Waals surface area contributed by atoms with Gasteiger partial charge in [0, 0.05) is 23.7 Å². The van der Waals surface area contributed by atoms with E-state index >= 15 is 0 Å². The minimum absolute atomic E-state index is 0.0379. The number of hydrogen-bond donors (Lipinski definition) is 1. The number of rotatable bonds is 7. The molecule has 0 aliphatic rings. The summed E-state index contributed by atoms with van der Waals surface area (Å²) < 4.78 is 5.38. The lowest BCUT2D eigenvalue weighted by molar-refractivity contribution is -0.122. The summed E-state index contributed by atoms with van der Waals surface area (Å²) in [6, 6.07) is 13.6. The summed E-state index contributed by atoms with van der Waals surface area (Å²) >= 11 is 6.09. The fraction of sp³-hybridized carbons (Fsp3) is 0.316. The summed E-state index contributed by atoms with van der Waals surface area (Å²) in [6.45, 7) is 3.42. The van der Waals surface area contributed by atoms with E-state index in [1.165, 1.54) is 5.56 Å². The Bertz CT molecular complexity index is 704. The van der Waals surface area contributed by atoms with Gasteiger partial charge < -0.3 is 10.1 Å². The van der Waals surface area contributed by atoms with Gasteiger partial charge in [-0.1, -0.05) is 47.5 Å². The molecule has 2 aromatic rings. The van der Waals surface area contributed by atoms with E-state index in [-0.39, 0.29) is 5.91 Å². The van der Waals surface area contributed by atoms with Crippen molar-refractivity contribution in [2.75, 3.05) is 20.7 Å². The van der Waals surface area contributed by atoms with Crippen LogP contribution in [0, 0.1) is 6.92 Å². The van der Waals surface area contributed by atoms with Crippen LogP contribution in [-0.4, -0.2) is 31.5 Å². The summed E-state index contributed by atoms with van der Waals surface area (Å²) in [5.41, 5.74) is 3.15. The third-order valence-electron chi connectivity index (χ3n) is 3.72. The molecule has 0 aliphatic carbocycles. The van der Waals surface area contributed by atoms with E-state index in [2.05, 4.69) is 11.4 Å². The highest BCUT2D eigenvalue weighted by Crippen LogP contribution is 2.21. The number of halogens is 1. The number of nitrogens with one attached hydrogen (secondary N) is 1. The number of carbonyl (C=O) groups excluding carboxylic acids is 1. The summed E-state index contributed by atoms with van der Waals surface area (Å²) in [4.78, 5) is 14.1. The van der Waals surface area contributed by atoms with Crippen molar-refractivity contribution in [2.24, 2.45) is 0 Å². The highest BCUT2D eigenvalue weighted by Gasteiger charge is 2.11. The van der Waals surface area contributed by atoms with Gasteiger partial charge in [-0.15, -0.1) is 0 Å². The van der Waals surface area contributed by atoms with E-state index in [9.17, 15) is 4.79 Å². The lowest BCUT2D eigenvalue weighted by Gasteiger charge is -2.18. The molecule has 0 saturated carbocycles. The van der Waals surface area contributed by atoms with E-state index in [1.54, 1.807) is 7.11 Å². The van der Waals surface area contributed by atoms with E-state index in [0.717, 1.165) is 16.9 Å². The minimum Gasteiger partial charge on any atom is -0.496 e. The molecule has 1 N–H and O–H groups in total. The number of amides is 1. The average molecular weight is 347 g/mol. The second-order valence-corrected chi connectivity index (χ2v) is 6.26. The van der Waals surface area contributed by atoms with Crippen molar-refractivity contribution in [3.63, 3.8) is 0 Å². The van der Waals surface area contributed by atoms with Crippen molar-refractivity contribution >= 4 is 17.5 Å². The van der Waals surface area contributed by atoms with Gasteiger partial charge in [0.25, 0.3) is 0 Å². The Labute approximate surface area is 148 Å². The fourth-order valence-electron chi connectivity index (χ4n) is 2.51. The predicted molar refractivity (Wildman–Crippen MR) is 97.4 cm³/mol. The lowest BCUT2D eigenvalue weighted by Crippen LogP contribution is -2.34. The van der Waals surface area contributed by atoms with Gasteiger partial charge in [-0.05, 0) is 31.7 Å². The van der Waals surface area contributed by atoms with Gasteiger partial charge in [0.2, 0.25) is 5.91 Å². The first-order valence-corrected chi connectivity index (χ1v) is 8.19. The number of carbonyl (C=O) groups is 1. The standard InChI is InChI=1S/C19H23ClN2O2/c1-14-8-9-18(24-3)16(10-14)12-22(2)13-19(23)21-11-15-6-4-5-7-17(15)20/h4-10H,11-13H2,1-3H3,(H,21,23). The van der Waals surface area contributed by atoms with E-state index < -0.39 is 0 Å². The van der Waals surface area contributed by atoms with Gasteiger partial charge in [-0.25, -0.2) is 0 Å². The van der Waals surface area contributed by atoms with Crippen LogP contribution in [0.3, 0.4) is 0 Å². The van der Waals surface area contributed by atoms with Crippen LogP contribution in [0.1, 0.15) is 16.7 Å². The molecule has 0 atom stereocenters. The predicted octanol–water partition coefficient (Wildman–Crippen LogP) is 3.41. The van der Waals surface area contributed by atoms with Crippen molar-refractivity contribution in [3.8, 4) is 5.75 Å². The molecule has 0 spiro atoms. The highest BCUT2D eigenvalue weighted by atomic mass is 35.5. The second-order valence-electron chi connectivity index (χ2n) is 5.86. The third-order valence-corrected chi connectivity index (χ3v) is 4.09. The van der Waals surface area contributed by atoms with E-state index in [1.807, 2.05) is 55.3 Å². The summed E-state index contributed by atoms with van der Waals surface area (Å²) in [5, 5.41) is 3.56. The SMILES string of the molecule is COc1ccc(C)cc1CN(C)CC(=O)NCc1ccccc1Cl. The quantitative estimate of drug-likeness (QED) is 0.835. The number of nitrogens with zero attached hydrogens (tertiary/aromatic N) is 1. The Morgan fingerprint density at radius 1 is 1.21 bits per heavy atom. The molecule has 24 heavy (non-hydrogen) atoms. The van der Waals surface area contributed by atoms with Gasteiger partial charge in [0.15, 0.2) is 0 Å². The van der Waals surface area contributed by atoms with Crippen LogP contribution in [0.15, 0.2) is 42.5 Å². The molecule has 1 amide bonds. The van der Waals surface area contributed by atoms with Gasteiger partial charge in [-0.3, -0.25) is 9.69 Å². The molecule has 0 unspecified atom stereocenters. The maximum absolute atomic E-state index is 12.1. The van der Waals surface area contributed by atoms with Crippen LogP contribution in [0.5, 0.6) is 5.75 Å². The number of likely N-dealkylation sites (N-methyl/N-ethyl adjacent to an activating group) is 1. The number of aryl methyl sites for hydroxylation is 1. The number of ether oxygens (including phenoxy) is 1. The molecular weight excluding hydrogens is 324 g/mol. The first-order chi connectivity index (χ1) is 11.5.